The molecule has 2 aromatic carbocycles. The number of carbonyl (C=O) groups excluding carboxylic acids is 1. The van der Waals surface area contributed by atoms with Crippen molar-refractivity contribution in [2.45, 2.75) is 39.3 Å². The maximum absolute atomic E-state index is 13.3. The number of hydrogen-bond donors (Lipinski definition) is 2. The minimum atomic E-state index is -0.295. The van der Waals surface area contributed by atoms with Crippen molar-refractivity contribution in [2.75, 3.05) is 6.54 Å². The minimum absolute atomic E-state index is 0.0165. The molecule has 0 fully saturated rings. The van der Waals surface area contributed by atoms with Crippen molar-refractivity contribution in [1.82, 2.24) is 10.2 Å². The zero-order valence-corrected chi connectivity index (χ0v) is 14.7. The summed E-state index contributed by atoms with van der Waals surface area (Å²) >= 11 is 0. The zero-order valence-electron chi connectivity index (χ0n) is 14.7. The first-order valence-corrected chi connectivity index (χ1v) is 8.55. The molecular formula is C20H25FN2O2. The Morgan fingerprint density at radius 2 is 1.92 bits per heavy atom. The summed E-state index contributed by atoms with van der Waals surface area (Å²) in [6, 6.07) is 13.3. The molecule has 0 aliphatic carbocycles. The summed E-state index contributed by atoms with van der Waals surface area (Å²) in [7, 11) is 0. The van der Waals surface area contributed by atoms with Crippen molar-refractivity contribution in [3.05, 3.63) is 65.5 Å². The molecule has 134 valence electrons. The molecule has 4 nitrogen and oxygen atoms in total. The van der Waals surface area contributed by atoms with E-state index in [1.165, 1.54) is 12.1 Å². The highest BCUT2D eigenvalue weighted by Crippen LogP contribution is 2.12. The zero-order chi connectivity index (χ0) is 18.2. The van der Waals surface area contributed by atoms with Crippen molar-refractivity contribution in [3.63, 3.8) is 0 Å². The van der Waals surface area contributed by atoms with E-state index in [0.717, 1.165) is 24.0 Å². The van der Waals surface area contributed by atoms with Gasteiger partial charge in [0.1, 0.15) is 11.6 Å². The summed E-state index contributed by atoms with van der Waals surface area (Å²) in [6.07, 6.45) is 1.62. The fourth-order valence-electron chi connectivity index (χ4n) is 2.60. The smallest absolute Gasteiger partial charge is 0.317 e. The fraction of sp³-hybridized carbons (Fsp3) is 0.350. The number of nitrogens with zero attached hydrogens (tertiary/aromatic N) is 1. The van der Waals surface area contributed by atoms with Gasteiger partial charge in [0, 0.05) is 19.1 Å². The minimum Gasteiger partial charge on any atom is -0.508 e. The third-order valence-electron chi connectivity index (χ3n) is 4.10. The van der Waals surface area contributed by atoms with Crippen LogP contribution in [0.25, 0.3) is 0 Å². The summed E-state index contributed by atoms with van der Waals surface area (Å²) in [5, 5.41) is 12.3. The Morgan fingerprint density at radius 1 is 1.20 bits per heavy atom. The lowest BCUT2D eigenvalue weighted by molar-refractivity contribution is 0.194. The Morgan fingerprint density at radius 3 is 2.56 bits per heavy atom. The van der Waals surface area contributed by atoms with Crippen LogP contribution in [0.5, 0.6) is 5.75 Å². The van der Waals surface area contributed by atoms with E-state index in [-0.39, 0.29) is 23.6 Å². The average molecular weight is 344 g/mol. The Labute approximate surface area is 148 Å². The summed E-state index contributed by atoms with van der Waals surface area (Å²) in [5.74, 6) is -0.0442. The average Bonchev–Trinajstić information content (AvgIpc) is 2.59. The van der Waals surface area contributed by atoms with E-state index in [2.05, 4.69) is 5.32 Å². The maximum atomic E-state index is 13.3. The van der Waals surface area contributed by atoms with Crippen LogP contribution in [0.4, 0.5) is 9.18 Å². The number of hydrogen-bond acceptors (Lipinski definition) is 2. The van der Waals surface area contributed by atoms with Crippen LogP contribution in [0.15, 0.2) is 48.5 Å². The van der Waals surface area contributed by atoms with Crippen LogP contribution >= 0.6 is 0 Å². The van der Waals surface area contributed by atoms with E-state index in [9.17, 15) is 14.3 Å². The number of nitrogens with one attached hydrogen (secondary N) is 1. The van der Waals surface area contributed by atoms with Gasteiger partial charge >= 0.3 is 6.03 Å². The van der Waals surface area contributed by atoms with E-state index in [1.54, 1.807) is 23.1 Å². The number of phenols is 1. The Hall–Kier alpha value is -2.56. The number of aryl methyl sites for hydroxylation is 1. The molecule has 1 unspecified atom stereocenters. The van der Waals surface area contributed by atoms with Gasteiger partial charge in [-0.2, -0.15) is 0 Å². The number of benzene rings is 2. The Kier molecular flexibility index (Phi) is 6.81. The van der Waals surface area contributed by atoms with Gasteiger partial charge in [-0.25, -0.2) is 9.18 Å². The molecule has 0 heterocycles. The molecule has 0 radical (unpaired) electrons. The SMILES string of the molecule is CCN(Cc1cccc(F)c1)C(=O)NC(C)CCc1ccc(O)cc1. The summed E-state index contributed by atoms with van der Waals surface area (Å²) in [4.78, 5) is 14.1. The topological polar surface area (TPSA) is 52.6 Å². The largest absolute Gasteiger partial charge is 0.508 e. The predicted molar refractivity (Wildman–Crippen MR) is 96.9 cm³/mol. The molecule has 0 aromatic heterocycles. The highest BCUT2D eigenvalue weighted by atomic mass is 19.1. The van der Waals surface area contributed by atoms with Gasteiger partial charge in [-0.15, -0.1) is 0 Å². The van der Waals surface area contributed by atoms with Crippen molar-refractivity contribution in [2.24, 2.45) is 0 Å². The van der Waals surface area contributed by atoms with Gasteiger partial charge in [-0.1, -0.05) is 24.3 Å². The van der Waals surface area contributed by atoms with E-state index in [0.29, 0.717) is 13.1 Å². The van der Waals surface area contributed by atoms with Gasteiger partial charge in [0.15, 0.2) is 0 Å². The van der Waals surface area contributed by atoms with Crippen LogP contribution in [0.3, 0.4) is 0 Å². The third-order valence-corrected chi connectivity index (χ3v) is 4.10. The lowest BCUT2D eigenvalue weighted by atomic mass is 10.1. The van der Waals surface area contributed by atoms with Gasteiger partial charge in [0.2, 0.25) is 0 Å². The Bertz CT molecular complexity index is 688. The second kappa shape index (κ2) is 9.06. The molecule has 2 amide bonds. The van der Waals surface area contributed by atoms with Crippen LogP contribution in [0.2, 0.25) is 0 Å². The first-order valence-electron chi connectivity index (χ1n) is 8.55. The highest BCUT2D eigenvalue weighted by molar-refractivity contribution is 5.74. The van der Waals surface area contributed by atoms with Crippen molar-refractivity contribution < 1.29 is 14.3 Å². The van der Waals surface area contributed by atoms with E-state index >= 15 is 0 Å². The number of aromatic hydroxyl groups is 1. The molecular weight excluding hydrogens is 319 g/mol. The predicted octanol–water partition coefficient (Wildman–Crippen LogP) is 4.08. The van der Waals surface area contributed by atoms with Crippen LogP contribution in [-0.4, -0.2) is 28.6 Å². The molecule has 0 aliphatic rings. The number of rotatable bonds is 7. The quantitative estimate of drug-likeness (QED) is 0.795. The molecule has 0 bridgehead atoms. The van der Waals surface area contributed by atoms with Crippen molar-refractivity contribution in [3.8, 4) is 5.75 Å². The normalized spacial score (nSPS) is 11.8. The molecule has 0 aliphatic heterocycles. The van der Waals surface area contributed by atoms with Crippen LogP contribution in [0, 0.1) is 5.82 Å². The van der Waals surface area contributed by atoms with Gasteiger partial charge in [-0.05, 0) is 62.1 Å². The number of halogens is 1. The van der Waals surface area contributed by atoms with Gasteiger partial charge in [-0.3, -0.25) is 0 Å². The van der Waals surface area contributed by atoms with Gasteiger partial charge in [0.05, 0.1) is 0 Å². The second-order valence-electron chi connectivity index (χ2n) is 6.20. The van der Waals surface area contributed by atoms with Crippen LogP contribution in [-0.2, 0) is 13.0 Å². The lowest BCUT2D eigenvalue weighted by Gasteiger charge is -2.24. The number of carbonyl (C=O) groups is 1. The van der Waals surface area contributed by atoms with Gasteiger partial charge in [0.25, 0.3) is 0 Å². The van der Waals surface area contributed by atoms with Gasteiger partial charge < -0.3 is 15.3 Å². The molecule has 1 atom stereocenters. The Balaban J connectivity index is 1.84. The summed E-state index contributed by atoms with van der Waals surface area (Å²) < 4.78 is 13.3. The molecule has 25 heavy (non-hydrogen) atoms. The van der Waals surface area contributed by atoms with Crippen LogP contribution in [0.1, 0.15) is 31.4 Å². The van der Waals surface area contributed by atoms with Crippen LogP contribution < -0.4 is 5.32 Å². The number of urea groups is 1. The molecule has 2 rings (SSSR count). The lowest BCUT2D eigenvalue weighted by Crippen LogP contribution is -2.43. The van der Waals surface area contributed by atoms with Crippen molar-refractivity contribution >= 4 is 6.03 Å². The number of phenolic OH excluding ortho intramolecular Hbond substituents is 1. The fourth-order valence-corrected chi connectivity index (χ4v) is 2.60. The highest BCUT2D eigenvalue weighted by Gasteiger charge is 2.15. The molecule has 0 saturated heterocycles. The third kappa shape index (κ3) is 6.10. The van der Waals surface area contributed by atoms with Crippen molar-refractivity contribution in [1.29, 1.82) is 0 Å². The molecule has 2 N–H and O–H groups in total. The van der Waals surface area contributed by atoms with E-state index < -0.39 is 0 Å². The molecule has 5 heteroatoms. The molecule has 0 spiro atoms. The summed E-state index contributed by atoms with van der Waals surface area (Å²) in [6.45, 7) is 4.80. The van der Waals surface area contributed by atoms with E-state index in [1.807, 2.05) is 32.0 Å². The molecule has 2 aromatic rings. The number of amides is 2. The first kappa shape index (κ1) is 18.8. The van der Waals surface area contributed by atoms with E-state index in [4.69, 9.17) is 0 Å². The maximum Gasteiger partial charge on any atom is 0.317 e. The second-order valence-corrected chi connectivity index (χ2v) is 6.20. The monoisotopic (exact) mass is 344 g/mol. The standard InChI is InChI=1S/C20H25FN2O2/c1-3-23(14-17-5-4-6-18(21)13-17)20(25)22-15(2)7-8-16-9-11-19(24)12-10-16/h4-6,9-13,15,24H,3,7-8,14H2,1-2H3,(H,22,25). The molecule has 0 saturated carbocycles. The first-order chi connectivity index (χ1) is 12.0. The summed E-state index contributed by atoms with van der Waals surface area (Å²) in [5.41, 5.74) is 1.89.